The lowest BCUT2D eigenvalue weighted by Crippen LogP contribution is -2.17. The number of H-pyrrole nitrogens is 1. The van der Waals surface area contributed by atoms with Gasteiger partial charge in [0.05, 0.1) is 0 Å². The summed E-state index contributed by atoms with van der Waals surface area (Å²) in [7, 11) is 0. The second-order valence-electron chi connectivity index (χ2n) is 4.97. The molecule has 2 aromatic heterocycles. The number of aryl methyl sites for hydroxylation is 2. The van der Waals surface area contributed by atoms with Gasteiger partial charge in [0.2, 0.25) is 5.91 Å². The molecule has 7 heteroatoms. The second-order valence-corrected chi connectivity index (χ2v) is 5.80. The van der Waals surface area contributed by atoms with Crippen LogP contribution in [0, 0.1) is 6.92 Å². The molecule has 0 aromatic carbocycles. The minimum absolute atomic E-state index is 0.0319. The van der Waals surface area contributed by atoms with E-state index in [4.69, 9.17) is 0 Å². The number of thiazole rings is 1. The van der Waals surface area contributed by atoms with Crippen molar-refractivity contribution in [2.24, 2.45) is 0 Å². The van der Waals surface area contributed by atoms with E-state index in [1.807, 2.05) is 18.4 Å². The number of carbonyl (C=O) groups is 1. The van der Waals surface area contributed by atoms with E-state index in [-0.39, 0.29) is 10.8 Å². The average molecular weight is 308 g/mol. The molecule has 0 atom stereocenters. The quantitative estimate of drug-likeness (QED) is 0.823. The Kier molecular flexibility index (Phi) is 5.32. The molecule has 2 N–H and O–H groups in total. The first-order chi connectivity index (χ1) is 10.1. The number of nitrogens with zero attached hydrogens (tertiary/aromatic N) is 2. The molecule has 0 radical (unpaired) electrons. The standard InChI is InChI=1S/C14H20N4O2S/c1-3-5-11-8-12(17-16-11)15-13(19)6-4-7-18-10(2)9-21-14(18)20/h8-9H,3-7H2,1-2H3,(H2,15,16,17,19). The molecule has 0 aliphatic heterocycles. The van der Waals surface area contributed by atoms with Crippen LogP contribution in [0.15, 0.2) is 16.2 Å². The molecule has 0 aliphatic rings. The van der Waals surface area contributed by atoms with Crippen molar-refractivity contribution in [3.05, 3.63) is 32.5 Å². The summed E-state index contributed by atoms with van der Waals surface area (Å²) < 4.78 is 1.70. The van der Waals surface area contributed by atoms with Gasteiger partial charge in [0.1, 0.15) is 0 Å². The minimum atomic E-state index is -0.0783. The Morgan fingerprint density at radius 2 is 2.33 bits per heavy atom. The van der Waals surface area contributed by atoms with Crippen LogP contribution in [0.2, 0.25) is 0 Å². The zero-order valence-corrected chi connectivity index (χ0v) is 13.1. The highest BCUT2D eigenvalue weighted by Gasteiger charge is 2.07. The maximum absolute atomic E-state index is 11.8. The van der Waals surface area contributed by atoms with Gasteiger partial charge in [-0.1, -0.05) is 24.7 Å². The highest BCUT2D eigenvalue weighted by molar-refractivity contribution is 7.07. The molecule has 2 aromatic rings. The summed E-state index contributed by atoms with van der Waals surface area (Å²) >= 11 is 1.19. The fourth-order valence-corrected chi connectivity index (χ4v) is 2.86. The maximum atomic E-state index is 11.8. The van der Waals surface area contributed by atoms with Crippen molar-refractivity contribution >= 4 is 23.1 Å². The smallest absolute Gasteiger partial charge is 0.307 e. The first kappa shape index (κ1) is 15.5. The van der Waals surface area contributed by atoms with Crippen LogP contribution in [0.4, 0.5) is 5.82 Å². The van der Waals surface area contributed by atoms with Crippen molar-refractivity contribution in [1.82, 2.24) is 14.8 Å². The van der Waals surface area contributed by atoms with Crippen LogP contribution >= 0.6 is 11.3 Å². The number of hydrogen-bond acceptors (Lipinski definition) is 4. The highest BCUT2D eigenvalue weighted by atomic mass is 32.1. The van der Waals surface area contributed by atoms with Crippen LogP contribution in [-0.4, -0.2) is 20.7 Å². The monoisotopic (exact) mass is 308 g/mol. The van der Waals surface area contributed by atoms with Crippen molar-refractivity contribution in [2.45, 2.75) is 46.1 Å². The lowest BCUT2D eigenvalue weighted by molar-refractivity contribution is -0.116. The Bertz CT molecular complexity index is 656. The summed E-state index contributed by atoms with van der Waals surface area (Å²) in [6, 6.07) is 1.86. The number of anilines is 1. The van der Waals surface area contributed by atoms with Gasteiger partial charge in [0, 0.05) is 35.8 Å². The number of carbonyl (C=O) groups excluding carboxylic acids is 1. The van der Waals surface area contributed by atoms with E-state index in [1.54, 1.807) is 4.57 Å². The Morgan fingerprint density at radius 3 is 3.00 bits per heavy atom. The van der Waals surface area contributed by atoms with Gasteiger partial charge in [0.25, 0.3) is 0 Å². The largest absolute Gasteiger partial charge is 0.309 e. The van der Waals surface area contributed by atoms with Crippen LogP contribution < -0.4 is 10.2 Å². The molecule has 0 spiro atoms. The van der Waals surface area contributed by atoms with E-state index in [9.17, 15) is 9.59 Å². The predicted octanol–water partition coefficient (Wildman–Crippen LogP) is 2.31. The third kappa shape index (κ3) is 4.29. The third-order valence-electron chi connectivity index (χ3n) is 3.18. The van der Waals surface area contributed by atoms with Gasteiger partial charge in [-0.25, -0.2) is 0 Å². The summed E-state index contributed by atoms with van der Waals surface area (Å²) in [6.45, 7) is 4.56. The van der Waals surface area contributed by atoms with Crippen LogP contribution in [0.25, 0.3) is 0 Å². The molecule has 0 saturated heterocycles. The van der Waals surface area contributed by atoms with E-state index in [0.717, 1.165) is 24.2 Å². The molecule has 0 fully saturated rings. The number of amides is 1. The number of hydrogen-bond donors (Lipinski definition) is 2. The summed E-state index contributed by atoms with van der Waals surface area (Å²) in [5.74, 6) is 0.484. The molecular formula is C14H20N4O2S. The molecule has 0 aliphatic carbocycles. The van der Waals surface area contributed by atoms with Crippen molar-refractivity contribution in [2.75, 3.05) is 5.32 Å². The van der Waals surface area contributed by atoms with Gasteiger partial charge in [-0.2, -0.15) is 5.10 Å². The molecule has 6 nitrogen and oxygen atoms in total. The van der Waals surface area contributed by atoms with Crippen molar-refractivity contribution < 1.29 is 4.79 Å². The Labute approximate surface area is 127 Å². The minimum Gasteiger partial charge on any atom is -0.309 e. The average Bonchev–Trinajstić information content (AvgIpc) is 3.00. The van der Waals surface area contributed by atoms with Gasteiger partial charge in [0.15, 0.2) is 5.82 Å². The van der Waals surface area contributed by atoms with Crippen molar-refractivity contribution in [3.63, 3.8) is 0 Å². The van der Waals surface area contributed by atoms with E-state index >= 15 is 0 Å². The molecule has 0 saturated carbocycles. The van der Waals surface area contributed by atoms with Gasteiger partial charge in [-0.05, 0) is 19.8 Å². The Hall–Kier alpha value is -1.89. The van der Waals surface area contributed by atoms with Gasteiger partial charge >= 0.3 is 4.87 Å². The van der Waals surface area contributed by atoms with E-state index in [2.05, 4.69) is 22.4 Å². The zero-order chi connectivity index (χ0) is 15.2. The molecule has 2 rings (SSSR count). The fourth-order valence-electron chi connectivity index (χ4n) is 2.10. The summed E-state index contributed by atoms with van der Waals surface area (Å²) in [6.07, 6.45) is 2.96. The topological polar surface area (TPSA) is 79.8 Å². The maximum Gasteiger partial charge on any atom is 0.307 e. The van der Waals surface area contributed by atoms with E-state index in [0.29, 0.717) is 25.2 Å². The lowest BCUT2D eigenvalue weighted by atomic mass is 10.2. The van der Waals surface area contributed by atoms with Crippen LogP contribution in [0.3, 0.4) is 0 Å². The SMILES string of the molecule is CCCc1cc(NC(=O)CCCn2c(C)csc2=O)n[nH]1. The number of aromatic nitrogens is 3. The zero-order valence-electron chi connectivity index (χ0n) is 12.3. The molecular weight excluding hydrogens is 288 g/mol. The number of nitrogens with one attached hydrogen (secondary N) is 2. The number of rotatable bonds is 7. The Morgan fingerprint density at radius 1 is 1.52 bits per heavy atom. The third-order valence-corrected chi connectivity index (χ3v) is 4.06. The lowest BCUT2D eigenvalue weighted by Gasteiger charge is -2.04. The first-order valence-electron chi connectivity index (χ1n) is 7.09. The predicted molar refractivity (Wildman–Crippen MR) is 83.8 cm³/mol. The normalized spacial score (nSPS) is 10.8. The first-order valence-corrected chi connectivity index (χ1v) is 7.97. The molecule has 0 unspecified atom stereocenters. The van der Waals surface area contributed by atoms with Crippen molar-refractivity contribution in [3.8, 4) is 0 Å². The Balaban J connectivity index is 1.78. The fraction of sp³-hybridized carbons (Fsp3) is 0.500. The van der Waals surface area contributed by atoms with Crippen LogP contribution in [-0.2, 0) is 17.8 Å². The summed E-state index contributed by atoms with van der Waals surface area (Å²) in [5, 5.41) is 11.5. The molecule has 1 amide bonds. The molecule has 0 bridgehead atoms. The van der Waals surface area contributed by atoms with Gasteiger partial charge in [-0.15, -0.1) is 0 Å². The van der Waals surface area contributed by atoms with E-state index in [1.165, 1.54) is 11.3 Å². The van der Waals surface area contributed by atoms with Gasteiger partial charge < -0.3 is 9.88 Å². The molecule has 114 valence electrons. The van der Waals surface area contributed by atoms with Crippen molar-refractivity contribution in [1.29, 1.82) is 0 Å². The van der Waals surface area contributed by atoms with E-state index < -0.39 is 0 Å². The van der Waals surface area contributed by atoms with Crippen LogP contribution in [0.5, 0.6) is 0 Å². The highest BCUT2D eigenvalue weighted by Crippen LogP contribution is 2.08. The van der Waals surface area contributed by atoms with Crippen LogP contribution in [0.1, 0.15) is 37.6 Å². The molecule has 2 heterocycles. The second kappa shape index (κ2) is 7.21. The van der Waals surface area contributed by atoms with Gasteiger partial charge in [-0.3, -0.25) is 14.7 Å². The summed E-state index contributed by atoms with van der Waals surface area (Å²) in [4.78, 5) is 23.4. The molecule has 21 heavy (non-hydrogen) atoms. The number of aromatic amines is 1. The summed E-state index contributed by atoms with van der Waals surface area (Å²) in [5.41, 5.74) is 1.97.